The van der Waals surface area contributed by atoms with Crippen LogP contribution < -0.4 is 0 Å². The number of nitro groups is 1. The molecule has 1 heterocycles. The smallest absolute Gasteiger partial charge is 0.302 e. The molecule has 4 heteroatoms. The van der Waals surface area contributed by atoms with Gasteiger partial charge < -0.3 is 4.74 Å². The van der Waals surface area contributed by atoms with Gasteiger partial charge in [-0.05, 0) is 6.42 Å². The number of hydrogen-bond acceptors (Lipinski definition) is 3. The van der Waals surface area contributed by atoms with Gasteiger partial charge in [0.05, 0.1) is 4.92 Å². The third-order valence-corrected chi connectivity index (χ3v) is 1.45. The molecule has 1 aliphatic rings. The van der Waals surface area contributed by atoms with Crippen LogP contribution in [0, 0.1) is 10.1 Å². The van der Waals surface area contributed by atoms with E-state index in [1.165, 1.54) is 0 Å². The highest BCUT2D eigenvalue weighted by molar-refractivity contribution is 4.79. The normalized spacial score (nSPS) is 32.1. The summed E-state index contributed by atoms with van der Waals surface area (Å²) in [6, 6.07) is 0. The van der Waals surface area contributed by atoms with Crippen LogP contribution in [0.3, 0.4) is 0 Å². The van der Waals surface area contributed by atoms with Crippen molar-refractivity contribution < 1.29 is 9.66 Å². The Balaban J connectivity index is 2.43. The molecule has 1 fully saturated rings. The van der Waals surface area contributed by atoms with Gasteiger partial charge in [0.15, 0.2) is 6.61 Å². The van der Waals surface area contributed by atoms with Gasteiger partial charge in [-0.3, -0.25) is 10.1 Å². The van der Waals surface area contributed by atoms with Crippen molar-refractivity contribution in [3.63, 3.8) is 0 Å². The molecule has 0 aromatic heterocycles. The van der Waals surface area contributed by atoms with Crippen LogP contribution in [0.1, 0.15) is 19.8 Å². The van der Waals surface area contributed by atoms with Crippen molar-refractivity contribution in [2.75, 3.05) is 6.61 Å². The molecule has 0 aliphatic carbocycles. The Hall–Kier alpha value is -0.640. The van der Waals surface area contributed by atoms with E-state index in [1.807, 2.05) is 6.92 Å². The van der Waals surface area contributed by atoms with Crippen LogP contribution in [0.15, 0.2) is 0 Å². The van der Waals surface area contributed by atoms with Crippen molar-refractivity contribution in [3.05, 3.63) is 10.1 Å². The third-order valence-electron chi connectivity index (χ3n) is 1.45. The molecule has 1 rings (SSSR count). The Morgan fingerprint density at radius 1 is 1.89 bits per heavy atom. The zero-order valence-corrected chi connectivity index (χ0v) is 5.29. The molecular weight excluding hydrogens is 122 g/mol. The second-order valence-corrected chi connectivity index (χ2v) is 2.24. The average Bonchev–Trinajstić information content (AvgIpc) is 2.49. The van der Waals surface area contributed by atoms with Crippen molar-refractivity contribution in [2.24, 2.45) is 0 Å². The van der Waals surface area contributed by atoms with Crippen LogP contribution in [0.5, 0.6) is 0 Å². The second-order valence-electron chi connectivity index (χ2n) is 2.24. The van der Waals surface area contributed by atoms with E-state index in [0.29, 0.717) is 13.0 Å². The van der Waals surface area contributed by atoms with Crippen LogP contribution in [-0.4, -0.2) is 17.3 Å². The first-order chi connectivity index (χ1) is 4.21. The molecule has 4 nitrogen and oxygen atoms in total. The summed E-state index contributed by atoms with van der Waals surface area (Å²) in [6.07, 6.45) is 1.35. The van der Waals surface area contributed by atoms with E-state index in [0.717, 1.165) is 6.42 Å². The van der Waals surface area contributed by atoms with Crippen molar-refractivity contribution in [1.82, 2.24) is 0 Å². The molecule has 1 unspecified atom stereocenters. The SMILES string of the molecule is CCCC1([N+](=O)[O-])CO1. The molecule has 0 spiro atoms. The molecule has 0 radical (unpaired) electrons. The minimum atomic E-state index is -0.977. The van der Waals surface area contributed by atoms with E-state index < -0.39 is 5.72 Å². The first-order valence-electron chi connectivity index (χ1n) is 3.00. The monoisotopic (exact) mass is 131 g/mol. The minimum Gasteiger partial charge on any atom is -0.302 e. The maximum absolute atomic E-state index is 10.2. The van der Waals surface area contributed by atoms with E-state index >= 15 is 0 Å². The topological polar surface area (TPSA) is 55.7 Å². The zero-order chi connectivity index (χ0) is 6.91. The van der Waals surface area contributed by atoms with E-state index in [2.05, 4.69) is 0 Å². The molecule has 52 valence electrons. The summed E-state index contributed by atoms with van der Waals surface area (Å²) in [5.74, 6) is 0. The van der Waals surface area contributed by atoms with Crippen molar-refractivity contribution in [1.29, 1.82) is 0 Å². The largest absolute Gasteiger partial charge is 0.348 e. The summed E-state index contributed by atoms with van der Waals surface area (Å²) < 4.78 is 4.70. The summed E-state index contributed by atoms with van der Waals surface area (Å²) in [6.45, 7) is 2.21. The fourth-order valence-corrected chi connectivity index (χ4v) is 0.815. The van der Waals surface area contributed by atoms with Gasteiger partial charge in [-0.25, -0.2) is 0 Å². The predicted octanol–water partition coefficient (Wildman–Crippen LogP) is 0.790. The summed E-state index contributed by atoms with van der Waals surface area (Å²) in [5, 5.41) is 10.2. The molecule has 9 heavy (non-hydrogen) atoms. The predicted molar refractivity (Wildman–Crippen MR) is 30.6 cm³/mol. The molecular formula is C5H9NO3. The van der Waals surface area contributed by atoms with Crippen LogP contribution in [0.2, 0.25) is 0 Å². The first kappa shape index (κ1) is 6.48. The van der Waals surface area contributed by atoms with E-state index in [4.69, 9.17) is 4.74 Å². The standard InChI is InChI=1S/C5H9NO3/c1-2-3-5(4-9-5)6(7)8/h2-4H2,1H3. The minimum absolute atomic E-state index is 0.299. The van der Waals surface area contributed by atoms with E-state index in [1.54, 1.807) is 0 Å². The Labute approximate surface area is 53.0 Å². The van der Waals surface area contributed by atoms with Crippen LogP contribution in [0.25, 0.3) is 0 Å². The molecule has 1 aliphatic heterocycles. The zero-order valence-electron chi connectivity index (χ0n) is 5.29. The van der Waals surface area contributed by atoms with E-state index in [9.17, 15) is 10.1 Å². The number of rotatable bonds is 3. The van der Waals surface area contributed by atoms with Crippen molar-refractivity contribution in [2.45, 2.75) is 25.5 Å². The lowest BCUT2D eigenvalue weighted by molar-refractivity contribution is -0.563. The summed E-state index contributed by atoms with van der Waals surface area (Å²) in [4.78, 5) is 9.82. The lowest BCUT2D eigenvalue weighted by atomic mass is 10.2. The lowest BCUT2D eigenvalue weighted by Crippen LogP contribution is -2.22. The summed E-state index contributed by atoms with van der Waals surface area (Å²) in [5.41, 5.74) is -0.977. The van der Waals surface area contributed by atoms with Gasteiger partial charge in [-0.1, -0.05) is 6.92 Å². The van der Waals surface area contributed by atoms with Crippen LogP contribution in [0.4, 0.5) is 0 Å². The maximum atomic E-state index is 10.2. The van der Waals surface area contributed by atoms with Gasteiger partial charge >= 0.3 is 5.72 Å². The molecule has 0 amide bonds. The summed E-state index contributed by atoms with van der Waals surface area (Å²) >= 11 is 0. The Bertz CT molecular complexity index is 130. The first-order valence-corrected chi connectivity index (χ1v) is 3.00. The summed E-state index contributed by atoms with van der Waals surface area (Å²) in [7, 11) is 0. The van der Waals surface area contributed by atoms with Gasteiger partial charge in [0.25, 0.3) is 0 Å². The Morgan fingerprint density at radius 3 is 2.56 bits per heavy atom. The Morgan fingerprint density at radius 2 is 2.44 bits per heavy atom. The fraction of sp³-hybridized carbons (Fsp3) is 1.00. The van der Waals surface area contributed by atoms with Gasteiger partial charge in [0.2, 0.25) is 0 Å². The highest BCUT2D eigenvalue weighted by Gasteiger charge is 2.57. The molecule has 0 N–H and O–H groups in total. The Kier molecular flexibility index (Phi) is 1.40. The van der Waals surface area contributed by atoms with Crippen LogP contribution in [-0.2, 0) is 4.74 Å². The highest BCUT2D eigenvalue weighted by Crippen LogP contribution is 2.32. The molecule has 0 saturated carbocycles. The number of epoxide rings is 1. The molecule has 1 atom stereocenters. The highest BCUT2D eigenvalue weighted by atomic mass is 16.7. The van der Waals surface area contributed by atoms with E-state index in [-0.39, 0.29) is 4.92 Å². The van der Waals surface area contributed by atoms with Crippen molar-refractivity contribution >= 4 is 0 Å². The number of nitrogens with zero attached hydrogens (tertiary/aromatic N) is 1. The molecule has 0 aromatic rings. The maximum Gasteiger partial charge on any atom is 0.348 e. The van der Waals surface area contributed by atoms with Crippen LogP contribution >= 0.6 is 0 Å². The van der Waals surface area contributed by atoms with Gasteiger partial charge in [0.1, 0.15) is 0 Å². The third kappa shape index (κ3) is 1.03. The second kappa shape index (κ2) is 1.95. The number of ether oxygens (including phenoxy) is 1. The fourth-order valence-electron chi connectivity index (χ4n) is 0.815. The van der Waals surface area contributed by atoms with Gasteiger partial charge in [-0.15, -0.1) is 0 Å². The number of hydrogen-bond donors (Lipinski definition) is 0. The van der Waals surface area contributed by atoms with Crippen molar-refractivity contribution in [3.8, 4) is 0 Å². The molecule has 0 bridgehead atoms. The quantitative estimate of drug-likeness (QED) is 0.323. The average molecular weight is 131 g/mol. The lowest BCUT2D eigenvalue weighted by Gasteiger charge is -1.98. The van der Waals surface area contributed by atoms with Gasteiger partial charge in [-0.2, -0.15) is 0 Å². The molecule has 1 saturated heterocycles. The van der Waals surface area contributed by atoms with Gasteiger partial charge in [0, 0.05) is 6.42 Å². The molecule has 0 aromatic carbocycles.